The van der Waals surface area contributed by atoms with Crippen LogP contribution >= 0.6 is 0 Å². The van der Waals surface area contributed by atoms with Crippen LogP contribution in [0.4, 0.5) is 10.1 Å². The first-order valence-corrected chi connectivity index (χ1v) is 6.23. The monoisotopic (exact) mass is 249 g/mol. The summed E-state index contributed by atoms with van der Waals surface area (Å²) in [5, 5.41) is 11.5. The molecule has 18 heavy (non-hydrogen) atoms. The number of fused-ring (bicyclic) bond motifs is 2. The van der Waals surface area contributed by atoms with E-state index in [2.05, 4.69) is 10.1 Å². The Bertz CT molecular complexity index is 503. The van der Waals surface area contributed by atoms with Gasteiger partial charge in [0, 0.05) is 18.2 Å². The maximum atomic E-state index is 14.1. The number of anilines is 1. The molecule has 1 aromatic rings. The van der Waals surface area contributed by atoms with E-state index in [-0.39, 0.29) is 11.7 Å². The summed E-state index contributed by atoms with van der Waals surface area (Å²) in [6, 6.07) is 5.23. The maximum Gasteiger partial charge on any atom is 0.170 e. The van der Waals surface area contributed by atoms with Gasteiger partial charge in [-0.15, -0.1) is 0 Å². The largest absolute Gasteiger partial charge is 0.409 e. The minimum atomic E-state index is -0.299. The van der Waals surface area contributed by atoms with Crippen LogP contribution in [0.25, 0.3) is 0 Å². The first kappa shape index (κ1) is 11.3. The lowest BCUT2D eigenvalue weighted by molar-refractivity contribution is 0.318. The summed E-state index contributed by atoms with van der Waals surface area (Å²) in [6.07, 6.45) is 3.61. The smallest absolute Gasteiger partial charge is 0.170 e. The van der Waals surface area contributed by atoms with Gasteiger partial charge in [-0.1, -0.05) is 5.16 Å². The Labute approximate surface area is 105 Å². The normalized spacial score (nSPS) is 26.9. The topological polar surface area (TPSA) is 61.9 Å². The number of nitrogens with zero attached hydrogens (tertiary/aromatic N) is 2. The molecule has 0 aromatic heterocycles. The number of benzene rings is 1. The van der Waals surface area contributed by atoms with E-state index < -0.39 is 0 Å². The van der Waals surface area contributed by atoms with Gasteiger partial charge in [0.15, 0.2) is 5.84 Å². The van der Waals surface area contributed by atoms with Crippen molar-refractivity contribution < 1.29 is 9.60 Å². The molecular weight excluding hydrogens is 233 g/mol. The van der Waals surface area contributed by atoms with Gasteiger partial charge in [0.2, 0.25) is 0 Å². The van der Waals surface area contributed by atoms with E-state index in [9.17, 15) is 4.39 Å². The van der Waals surface area contributed by atoms with Gasteiger partial charge in [0.25, 0.3) is 0 Å². The fourth-order valence-corrected chi connectivity index (χ4v) is 3.18. The Kier molecular flexibility index (Phi) is 2.61. The highest BCUT2D eigenvalue weighted by Crippen LogP contribution is 2.40. The van der Waals surface area contributed by atoms with Crippen molar-refractivity contribution in [2.45, 2.75) is 25.3 Å². The quantitative estimate of drug-likeness (QED) is 0.364. The van der Waals surface area contributed by atoms with Crippen molar-refractivity contribution in [3.8, 4) is 0 Å². The zero-order valence-electron chi connectivity index (χ0n) is 10.0. The van der Waals surface area contributed by atoms with E-state index in [1.807, 2.05) is 0 Å². The number of amidine groups is 1. The fraction of sp³-hybridized carbons (Fsp3) is 0.462. The molecule has 3 N–H and O–H groups in total. The van der Waals surface area contributed by atoms with Crippen molar-refractivity contribution in [2.75, 3.05) is 11.4 Å². The van der Waals surface area contributed by atoms with Crippen LogP contribution < -0.4 is 10.6 Å². The molecule has 5 heteroatoms. The van der Waals surface area contributed by atoms with Gasteiger partial charge in [-0.2, -0.15) is 0 Å². The second-order valence-electron chi connectivity index (χ2n) is 5.14. The third-order valence-electron chi connectivity index (χ3n) is 4.07. The van der Waals surface area contributed by atoms with Gasteiger partial charge in [-0.05, 0) is 43.4 Å². The van der Waals surface area contributed by atoms with Crippen molar-refractivity contribution >= 4 is 11.5 Å². The molecule has 1 saturated heterocycles. The molecule has 4 nitrogen and oxygen atoms in total. The summed E-state index contributed by atoms with van der Waals surface area (Å²) in [6.45, 7) is 0.949. The maximum absolute atomic E-state index is 14.1. The zero-order valence-corrected chi connectivity index (χ0v) is 10.0. The molecule has 2 fully saturated rings. The number of piperidine rings is 1. The Balaban J connectivity index is 1.90. The van der Waals surface area contributed by atoms with Crippen LogP contribution in [0.3, 0.4) is 0 Å². The van der Waals surface area contributed by atoms with Gasteiger partial charge in [0.1, 0.15) is 5.82 Å². The molecule has 0 spiro atoms. The fourth-order valence-electron chi connectivity index (χ4n) is 3.18. The van der Waals surface area contributed by atoms with Crippen LogP contribution in [0.2, 0.25) is 0 Å². The van der Waals surface area contributed by atoms with Gasteiger partial charge < -0.3 is 15.8 Å². The first-order chi connectivity index (χ1) is 8.69. The number of oxime groups is 1. The summed E-state index contributed by atoms with van der Waals surface area (Å²) < 4.78 is 14.1. The molecule has 2 bridgehead atoms. The van der Waals surface area contributed by atoms with Crippen LogP contribution in [-0.2, 0) is 0 Å². The molecule has 1 aromatic carbocycles. The number of rotatable bonds is 2. The van der Waals surface area contributed by atoms with E-state index in [1.165, 1.54) is 18.9 Å². The lowest BCUT2D eigenvalue weighted by Gasteiger charge is -2.29. The summed E-state index contributed by atoms with van der Waals surface area (Å²) in [5.74, 6) is 0.355. The molecule has 2 aliphatic rings. The van der Waals surface area contributed by atoms with Crippen molar-refractivity contribution in [3.63, 3.8) is 0 Å². The van der Waals surface area contributed by atoms with Crippen molar-refractivity contribution in [2.24, 2.45) is 16.8 Å². The van der Waals surface area contributed by atoms with Gasteiger partial charge in [-0.3, -0.25) is 0 Å². The average Bonchev–Trinajstić information content (AvgIpc) is 3.00. The Hall–Kier alpha value is -1.78. The standard InChI is InChI=1S/C13H16FN3O/c14-11-6-9(13(15)16-18)2-4-12(11)17-7-8-1-3-10(17)5-8/h2,4,6,8,10,18H,1,3,5,7H2,(H2,15,16). The molecule has 1 aliphatic carbocycles. The summed E-state index contributed by atoms with van der Waals surface area (Å²) in [5.41, 5.74) is 6.49. The van der Waals surface area contributed by atoms with Crippen LogP contribution in [0.15, 0.2) is 23.4 Å². The predicted molar refractivity (Wildman–Crippen MR) is 67.4 cm³/mol. The Morgan fingerprint density at radius 2 is 2.28 bits per heavy atom. The predicted octanol–water partition coefficient (Wildman–Crippen LogP) is 1.91. The van der Waals surface area contributed by atoms with Gasteiger partial charge >= 0.3 is 0 Å². The Morgan fingerprint density at radius 1 is 1.44 bits per heavy atom. The molecule has 96 valence electrons. The highest BCUT2D eigenvalue weighted by molar-refractivity contribution is 5.97. The second kappa shape index (κ2) is 4.15. The molecule has 0 radical (unpaired) electrons. The average molecular weight is 249 g/mol. The highest BCUT2D eigenvalue weighted by Gasteiger charge is 2.38. The lowest BCUT2D eigenvalue weighted by atomic mass is 10.1. The van der Waals surface area contributed by atoms with Crippen LogP contribution in [-0.4, -0.2) is 23.6 Å². The third kappa shape index (κ3) is 1.70. The molecule has 1 saturated carbocycles. The second-order valence-corrected chi connectivity index (χ2v) is 5.14. The lowest BCUT2D eigenvalue weighted by Crippen LogP contribution is -2.32. The number of halogens is 1. The first-order valence-electron chi connectivity index (χ1n) is 6.23. The summed E-state index contributed by atoms with van der Waals surface area (Å²) in [4.78, 5) is 2.15. The minimum Gasteiger partial charge on any atom is -0.409 e. The van der Waals surface area contributed by atoms with Crippen LogP contribution in [0.5, 0.6) is 0 Å². The molecular formula is C13H16FN3O. The highest BCUT2D eigenvalue weighted by atomic mass is 19.1. The van der Waals surface area contributed by atoms with E-state index in [4.69, 9.17) is 10.9 Å². The van der Waals surface area contributed by atoms with Gasteiger partial charge in [0.05, 0.1) is 5.69 Å². The van der Waals surface area contributed by atoms with Crippen molar-refractivity contribution in [1.82, 2.24) is 0 Å². The molecule has 2 unspecified atom stereocenters. The summed E-state index contributed by atoms with van der Waals surface area (Å²) in [7, 11) is 0. The van der Waals surface area contributed by atoms with E-state index in [1.54, 1.807) is 12.1 Å². The van der Waals surface area contributed by atoms with Crippen LogP contribution in [0.1, 0.15) is 24.8 Å². The third-order valence-corrected chi connectivity index (χ3v) is 4.07. The van der Waals surface area contributed by atoms with E-state index in [0.29, 0.717) is 17.3 Å². The van der Waals surface area contributed by atoms with Gasteiger partial charge in [-0.25, -0.2) is 4.39 Å². The molecule has 3 rings (SSSR count). The molecule has 2 atom stereocenters. The van der Waals surface area contributed by atoms with Crippen molar-refractivity contribution in [1.29, 1.82) is 0 Å². The summed E-state index contributed by atoms with van der Waals surface area (Å²) >= 11 is 0. The number of hydrogen-bond donors (Lipinski definition) is 2. The Morgan fingerprint density at radius 3 is 2.83 bits per heavy atom. The SMILES string of the molecule is N/C(=N/O)c1ccc(N2CC3CCC2C3)c(F)c1. The minimum absolute atomic E-state index is 0.0663. The number of nitrogens with two attached hydrogens (primary N) is 1. The van der Waals surface area contributed by atoms with E-state index >= 15 is 0 Å². The van der Waals surface area contributed by atoms with E-state index in [0.717, 1.165) is 18.9 Å². The number of hydrogen-bond acceptors (Lipinski definition) is 3. The van der Waals surface area contributed by atoms with Crippen LogP contribution in [0, 0.1) is 11.7 Å². The molecule has 1 heterocycles. The van der Waals surface area contributed by atoms with Crippen molar-refractivity contribution in [3.05, 3.63) is 29.6 Å². The molecule has 1 aliphatic heterocycles. The molecule has 0 amide bonds. The zero-order chi connectivity index (χ0) is 12.7.